The molecule has 7 heteroatoms. The van der Waals surface area contributed by atoms with Crippen molar-refractivity contribution in [2.45, 2.75) is 13.0 Å². The summed E-state index contributed by atoms with van der Waals surface area (Å²) in [6.45, 7) is 1.82. The van der Waals surface area contributed by atoms with Gasteiger partial charge in [0.25, 0.3) is 5.91 Å². The largest absolute Gasteiger partial charge is 0.322 e. The molecule has 6 nitrogen and oxygen atoms in total. The second kappa shape index (κ2) is 4.98. The lowest BCUT2D eigenvalue weighted by Crippen LogP contribution is -2.14. The van der Waals surface area contributed by atoms with Crippen LogP contribution in [0.25, 0.3) is 0 Å². The van der Waals surface area contributed by atoms with E-state index < -0.39 is 0 Å². The molecule has 1 atom stereocenters. The quantitative estimate of drug-likeness (QED) is 0.852. The highest BCUT2D eigenvalue weighted by Gasteiger charge is 2.13. The molecule has 0 saturated carbocycles. The third-order valence-electron chi connectivity index (χ3n) is 1.96. The molecule has 1 amide bonds. The number of aromatic nitrogens is 3. The van der Waals surface area contributed by atoms with Crippen LogP contribution in [0.15, 0.2) is 23.7 Å². The summed E-state index contributed by atoms with van der Waals surface area (Å²) in [5, 5.41) is 12.4. The van der Waals surface area contributed by atoms with Crippen molar-refractivity contribution in [3.05, 3.63) is 34.4 Å². The van der Waals surface area contributed by atoms with Crippen LogP contribution in [0.2, 0.25) is 0 Å². The second-order valence-corrected chi connectivity index (χ2v) is 4.31. The first kappa shape index (κ1) is 11.6. The van der Waals surface area contributed by atoms with E-state index in [0.717, 1.165) is 5.01 Å². The number of amides is 1. The first-order valence-electron chi connectivity index (χ1n) is 4.97. The summed E-state index contributed by atoms with van der Waals surface area (Å²) in [7, 11) is 0. The van der Waals surface area contributed by atoms with Crippen LogP contribution in [-0.2, 0) is 0 Å². The van der Waals surface area contributed by atoms with Gasteiger partial charge < -0.3 is 11.1 Å². The predicted octanol–water partition coefficient (Wildman–Crippen LogP) is 1.21. The van der Waals surface area contributed by atoms with Crippen LogP contribution < -0.4 is 11.1 Å². The Bertz CT molecular complexity index is 510. The van der Waals surface area contributed by atoms with Gasteiger partial charge in [-0.2, -0.15) is 5.10 Å². The smallest absolute Gasteiger partial charge is 0.276 e. The Morgan fingerprint density at radius 2 is 2.41 bits per heavy atom. The van der Waals surface area contributed by atoms with Crippen LogP contribution in [0.4, 0.5) is 5.82 Å². The van der Waals surface area contributed by atoms with Crippen molar-refractivity contribution in [3.63, 3.8) is 0 Å². The maximum absolute atomic E-state index is 11.8. The predicted molar refractivity (Wildman–Crippen MR) is 64.7 cm³/mol. The highest BCUT2D eigenvalue weighted by atomic mass is 32.1. The summed E-state index contributed by atoms with van der Waals surface area (Å²) in [5.74, 6) is 0.0847. The topological polar surface area (TPSA) is 93.8 Å². The van der Waals surface area contributed by atoms with Crippen LogP contribution >= 0.6 is 11.3 Å². The molecule has 0 spiro atoms. The summed E-state index contributed by atoms with van der Waals surface area (Å²) in [6.07, 6.45) is 1.53. The van der Waals surface area contributed by atoms with Gasteiger partial charge in [-0.25, -0.2) is 4.98 Å². The molecule has 2 rings (SSSR count). The van der Waals surface area contributed by atoms with Gasteiger partial charge in [-0.3, -0.25) is 4.79 Å². The van der Waals surface area contributed by atoms with E-state index in [1.165, 1.54) is 17.5 Å². The van der Waals surface area contributed by atoms with E-state index in [1.807, 2.05) is 6.92 Å². The van der Waals surface area contributed by atoms with Crippen LogP contribution in [0.1, 0.15) is 28.5 Å². The lowest BCUT2D eigenvalue weighted by atomic mass is 10.4. The number of thiazole rings is 1. The van der Waals surface area contributed by atoms with Gasteiger partial charge in [-0.1, -0.05) is 0 Å². The van der Waals surface area contributed by atoms with Crippen LogP contribution in [-0.4, -0.2) is 21.1 Å². The van der Waals surface area contributed by atoms with E-state index in [4.69, 9.17) is 5.73 Å². The van der Waals surface area contributed by atoms with E-state index >= 15 is 0 Å². The molecule has 0 radical (unpaired) electrons. The molecule has 0 fully saturated rings. The first-order valence-corrected chi connectivity index (χ1v) is 5.85. The van der Waals surface area contributed by atoms with Crippen molar-refractivity contribution < 1.29 is 4.79 Å². The monoisotopic (exact) mass is 249 g/mol. The Balaban J connectivity index is 2.10. The van der Waals surface area contributed by atoms with Crippen molar-refractivity contribution in [1.29, 1.82) is 0 Å². The molecule has 0 saturated heterocycles. The van der Waals surface area contributed by atoms with Crippen LogP contribution in [0.3, 0.4) is 0 Å². The maximum atomic E-state index is 11.8. The zero-order valence-electron chi connectivity index (χ0n) is 9.12. The molecule has 0 aromatic carbocycles. The molecule has 3 N–H and O–H groups in total. The lowest BCUT2D eigenvalue weighted by Gasteiger charge is -2.00. The van der Waals surface area contributed by atoms with Crippen LogP contribution in [0.5, 0.6) is 0 Å². The Morgan fingerprint density at radius 1 is 1.59 bits per heavy atom. The molecule has 1 unspecified atom stereocenters. The summed E-state index contributed by atoms with van der Waals surface area (Å²) in [5.41, 5.74) is 6.01. The van der Waals surface area contributed by atoms with Crippen molar-refractivity contribution in [1.82, 2.24) is 15.2 Å². The fourth-order valence-electron chi connectivity index (χ4n) is 1.15. The van der Waals surface area contributed by atoms with Crippen molar-refractivity contribution in [3.8, 4) is 0 Å². The molecule has 2 aromatic heterocycles. The summed E-state index contributed by atoms with van der Waals surface area (Å²) < 4.78 is 0. The molecule has 0 bridgehead atoms. The molecule has 2 aromatic rings. The molecular weight excluding hydrogens is 238 g/mol. The number of hydrogen-bond acceptors (Lipinski definition) is 6. The molecule has 88 valence electrons. The van der Waals surface area contributed by atoms with Crippen molar-refractivity contribution in [2.75, 3.05) is 5.32 Å². The van der Waals surface area contributed by atoms with Gasteiger partial charge in [-0.05, 0) is 19.1 Å². The Morgan fingerprint density at radius 3 is 3.00 bits per heavy atom. The number of nitrogens with two attached hydrogens (primary N) is 1. The minimum absolute atomic E-state index is 0.168. The maximum Gasteiger partial charge on any atom is 0.276 e. The zero-order valence-corrected chi connectivity index (χ0v) is 9.94. The fraction of sp³-hybridized carbons (Fsp3) is 0.200. The number of anilines is 1. The third kappa shape index (κ3) is 2.83. The average Bonchev–Trinajstić information content (AvgIpc) is 2.79. The second-order valence-electron chi connectivity index (χ2n) is 3.42. The Kier molecular flexibility index (Phi) is 3.40. The van der Waals surface area contributed by atoms with E-state index in [-0.39, 0.29) is 11.9 Å². The highest BCUT2D eigenvalue weighted by molar-refractivity contribution is 7.09. The van der Waals surface area contributed by atoms with E-state index in [9.17, 15) is 4.79 Å². The first-order chi connectivity index (χ1) is 8.16. The van der Waals surface area contributed by atoms with Gasteiger partial charge in [0.15, 0.2) is 5.82 Å². The SMILES string of the molecule is CC(N)c1nc(C(=O)Nc2cccnn2)cs1. The number of rotatable bonds is 3. The molecule has 2 heterocycles. The van der Waals surface area contributed by atoms with Gasteiger partial charge >= 0.3 is 0 Å². The molecule has 0 aliphatic rings. The molecular formula is C10H11N5OS. The lowest BCUT2D eigenvalue weighted by molar-refractivity contribution is 0.102. The van der Waals surface area contributed by atoms with Crippen molar-refractivity contribution >= 4 is 23.1 Å². The average molecular weight is 249 g/mol. The number of carbonyl (C=O) groups excluding carboxylic acids is 1. The molecule has 0 aliphatic heterocycles. The summed E-state index contributed by atoms with van der Waals surface area (Å²) >= 11 is 1.36. The minimum atomic E-state index is -0.311. The van der Waals surface area contributed by atoms with Gasteiger partial charge in [0, 0.05) is 11.6 Å². The summed E-state index contributed by atoms with van der Waals surface area (Å²) in [4.78, 5) is 15.9. The van der Waals surface area contributed by atoms with E-state index in [1.54, 1.807) is 17.5 Å². The Labute approximate surface area is 102 Å². The van der Waals surface area contributed by atoms with Crippen LogP contribution in [0, 0.1) is 0 Å². The molecule has 0 aliphatic carbocycles. The minimum Gasteiger partial charge on any atom is -0.322 e. The van der Waals surface area contributed by atoms with Gasteiger partial charge in [0.2, 0.25) is 0 Å². The van der Waals surface area contributed by atoms with Gasteiger partial charge in [-0.15, -0.1) is 16.4 Å². The third-order valence-corrected chi connectivity index (χ3v) is 3.00. The number of nitrogens with one attached hydrogen (secondary N) is 1. The summed E-state index contributed by atoms with van der Waals surface area (Å²) in [6, 6.07) is 3.18. The normalized spacial score (nSPS) is 12.1. The van der Waals surface area contributed by atoms with Crippen molar-refractivity contribution in [2.24, 2.45) is 5.73 Å². The van der Waals surface area contributed by atoms with E-state index in [0.29, 0.717) is 11.5 Å². The standard InChI is InChI=1S/C10H11N5OS/c1-6(11)10-13-7(5-17-10)9(16)14-8-3-2-4-12-15-8/h2-6H,11H2,1H3,(H,14,15,16). The number of carbonyl (C=O) groups is 1. The Hall–Kier alpha value is -1.86. The zero-order chi connectivity index (χ0) is 12.3. The molecule has 17 heavy (non-hydrogen) atoms. The number of hydrogen-bond donors (Lipinski definition) is 2. The highest BCUT2D eigenvalue weighted by Crippen LogP contribution is 2.16. The van der Waals surface area contributed by atoms with Gasteiger partial charge in [0.05, 0.1) is 6.04 Å². The number of nitrogens with zero attached hydrogens (tertiary/aromatic N) is 3. The van der Waals surface area contributed by atoms with E-state index in [2.05, 4.69) is 20.5 Å². The fourth-order valence-corrected chi connectivity index (χ4v) is 1.91. The van der Waals surface area contributed by atoms with Gasteiger partial charge in [0.1, 0.15) is 10.7 Å².